The van der Waals surface area contributed by atoms with Gasteiger partial charge in [-0.05, 0) is 62.2 Å². The predicted molar refractivity (Wildman–Crippen MR) is 79.3 cm³/mol. The summed E-state index contributed by atoms with van der Waals surface area (Å²) in [4.78, 5) is 16.5. The minimum absolute atomic E-state index is 0.190. The smallest absolute Gasteiger partial charge is 0.260 e. The Morgan fingerprint density at radius 2 is 1.89 bits per heavy atom. The molecule has 0 aromatic carbocycles. The van der Waals surface area contributed by atoms with E-state index in [2.05, 4.69) is 4.99 Å². The van der Waals surface area contributed by atoms with Crippen LogP contribution in [0, 0.1) is 23.7 Å². The molecule has 3 aliphatic carbocycles. The number of nitrogens with zero attached hydrogens (tertiary/aromatic N) is 1. The Hall–Kier alpha value is -0.310. The normalized spacial score (nSPS) is 42.3. The van der Waals surface area contributed by atoms with Crippen LogP contribution in [0.2, 0.25) is 0 Å². The van der Waals surface area contributed by atoms with Gasteiger partial charge in [0.25, 0.3) is 5.91 Å². The lowest BCUT2D eigenvalue weighted by Gasteiger charge is -2.21. The zero-order valence-electron chi connectivity index (χ0n) is 11.5. The van der Waals surface area contributed by atoms with E-state index in [9.17, 15) is 4.79 Å². The number of carbonyl (C=O) groups excluding carboxylic acids is 1. The molecule has 0 aromatic rings. The average molecular weight is 277 g/mol. The summed E-state index contributed by atoms with van der Waals surface area (Å²) < 4.78 is 0. The maximum absolute atomic E-state index is 12.1. The summed E-state index contributed by atoms with van der Waals surface area (Å²) >= 11 is 1.83. The molecule has 3 heteroatoms. The quantitative estimate of drug-likeness (QED) is 0.779. The van der Waals surface area contributed by atoms with Crippen molar-refractivity contribution < 1.29 is 4.79 Å². The van der Waals surface area contributed by atoms with Crippen molar-refractivity contribution in [1.29, 1.82) is 0 Å². The molecule has 0 aromatic heterocycles. The third kappa shape index (κ3) is 2.28. The van der Waals surface area contributed by atoms with Crippen LogP contribution >= 0.6 is 11.8 Å². The number of hydrogen-bond donors (Lipinski definition) is 0. The topological polar surface area (TPSA) is 29.4 Å². The van der Waals surface area contributed by atoms with Crippen LogP contribution in [0.15, 0.2) is 4.99 Å². The third-order valence-corrected chi connectivity index (χ3v) is 7.26. The number of fused-ring (bicyclic) bond motifs is 2. The molecule has 0 spiro atoms. The minimum atomic E-state index is 0.190. The number of hydrogen-bond acceptors (Lipinski definition) is 2. The van der Waals surface area contributed by atoms with Crippen LogP contribution in [-0.4, -0.2) is 16.2 Å². The van der Waals surface area contributed by atoms with Gasteiger partial charge < -0.3 is 0 Å². The van der Waals surface area contributed by atoms with Gasteiger partial charge in [-0.2, -0.15) is 0 Å². The van der Waals surface area contributed by atoms with Gasteiger partial charge in [0.15, 0.2) is 0 Å². The average Bonchev–Trinajstić information content (AvgIpc) is 3.12. The van der Waals surface area contributed by atoms with E-state index in [0.29, 0.717) is 5.92 Å². The van der Waals surface area contributed by atoms with E-state index in [1.807, 2.05) is 11.8 Å². The molecule has 0 N–H and O–H groups in total. The van der Waals surface area contributed by atoms with E-state index in [-0.39, 0.29) is 11.2 Å². The van der Waals surface area contributed by atoms with Crippen LogP contribution in [0.5, 0.6) is 0 Å². The Morgan fingerprint density at radius 1 is 1.05 bits per heavy atom. The molecule has 4 atom stereocenters. The van der Waals surface area contributed by atoms with E-state index >= 15 is 0 Å². The first-order chi connectivity index (χ1) is 9.29. The van der Waals surface area contributed by atoms with Crippen molar-refractivity contribution >= 4 is 22.7 Å². The highest BCUT2D eigenvalue weighted by atomic mass is 32.2. The molecule has 1 amide bonds. The summed E-state index contributed by atoms with van der Waals surface area (Å²) in [5, 5.41) is 1.37. The SMILES string of the molecule is O=C1N=C(C[C@H]2C[C@@H]3CC[C@H]2C3)SC1C1CCCC1. The summed E-state index contributed by atoms with van der Waals surface area (Å²) in [6, 6.07) is 0. The summed E-state index contributed by atoms with van der Waals surface area (Å²) in [6.07, 6.45) is 12.0. The third-order valence-electron chi connectivity index (χ3n) is 5.89. The molecule has 2 bridgehead atoms. The predicted octanol–water partition coefficient (Wildman–Crippen LogP) is 4.04. The Balaban J connectivity index is 1.38. The van der Waals surface area contributed by atoms with E-state index in [4.69, 9.17) is 0 Å². The largest absolute Gasteiger partial charge is 0.271 e. The standard InChI is InChI=1S/C16H23NOS/c18-16-15(11-3-1-2-4-11)19-14(17-16)9-13-8-10-5-6-12(13)7-10/h10-13,15H,1-9H2/t10-,12+,13-,15?/m1/s1. The van der Waals surface area contributed by atoms with Gasteiger partial charge in [-0.3, -0.25) is 4.79 Å². The summed E-state index contributed by atoms with van der Waals surface area (Å²) in [5.74, 6) is 3.62. The van der Waals surface area contributed by atoms with Gasteiger partial charge in [0.1, 0.15) is 0 Å². The Bertz CT molecular complexity index is 413. The number of amides is 1. The van der Waals surface area contributed by atoms with E-state index in [1.165, 1.54) is 56.4 Å². The molecule has 104 valence electrons. The first-order valence-electron chi connectivity index (χ1n) is 8.07. The molecular weight excluding hydrogens is 254 g/mol. The van der Waals surface area contributed by atoms with E-state index < -0.39 is 0 Å². The van der Waals surface area contributed by atoms with Crippen LogP contribution in [-0.2, 0) is 4.79 Å². The Morgan fingerprint density at radius 3 is 2.58 bits per heavy atom. The maximum atomic E-state index is 12.1. The van der Waals surface area contributed by atoms with Gasteiger partial charge in [0, 0.05) is 0 Å². The Kier molecular flexibility index (Phi) is 3.21. The molecule has 0 radical (unpaired) electrons. The number of carbonyl (C=O) groups is 1. The molecule has 19 heavy (non-hydrogen) atoms. The summed E-state index contributed by atoms with van der Waals surface area (Å²) in [5.41, 5.74) is 0. The van der Waals surface area contributed by atoms with Gasteiger partial charge in [-0.15, -0.1) is 0 Å². The monoisotopic (exact) mass is 277 g/mol. The van der Waals surface area contributed by atoms with Gasteiger partial charge >= 0.3 is 0 Å². The van der Waals surface area contributed by atoms with E-state index in [0.717, 1.165) is 24.2 Å². The van der Waals surface area contributed by atoms with Crippen LogP contribution in [0.1, 0.15) is 57.8 Å². The Labute approximate surface area is 119 Å². The fraction of sp³-hybridized carbons (Fsp3) is 0.875. The molecule has 0 saturated heterocycles. The fourth-order valence-electron chi connectivity index (χ4n) is 4.91. The lowest BCUT2D eigenvalue weighted by Crippen LogP contribution is -2.20. The molecule has 2 nitrogen and oxygen atoms in total. The maximum Gasteiger partial charge on any atom is 0.260 e. The lowest BCUT2D eigenvalue weighted by atomic mass is 9.87. The fourth-order valence-corrected chi connectivity index (χ4v) is 6.28. The van der Waals surface area contributed by atoms with Crippen molar-refractivity contribution in [3.05, 3.63) is 0 Å². The second kappa shape index (κ2) is 4.91. The highest BCUT2D eigenvalue weighted by Gasteiger charge is 2.42. The highest BCUT2D eigenvalue weighted by Crippen LogP contribution is 2.51. The van der Waals surface area contributed by atoms with Crippen LogP contribution in [0.3, 0.4) is 0 Å². The molecule has 1 heterocycles. The minimum Gasteiger partial charge on any atom is -0.271 e. The second-order valence-corrected chi connectivity index (χ2v) is 8.28. The van der Waals surface area contributed by atoms with Crippen molar-refractivity contribution in [2.45, 2.75) is 63.0 Å². The first-order valence-corrected chi connectivity index (χ1v) is 8.95. The van der Waals surface area contributed by atoms with Gasteiger partial charge in [0.2, 0.25) is 0 Å². The van der Waals surface area contributed by atoms with Crippen LogP contribution in [0.25, 0.3) is 0 Å². The molecule has 3 saturated carbocycles. The van der Waals surface area contributed by atoms with Crippen LogP contribution < -0.4 is 0 Å². The molecular formula is C16H23NOS. The van der Waals surface area contributed by atoms with Gasteiger partial charge in [-0.1, -0.05) is 31.0 Å². The van der Waals surface area contributed by atoms with Gasteiger partial charge in [0.05, 0.1) is 10.3 Å². The van der Waals surface area contributed by atoms with E-state index in [1.54, 1.807) is 0 Å². The molecule has 4 aliphatic rings. The van der Waals surface area contributed by atoms with Crippen molar-refractivity contribution in [2.24, 2.45) is 28.7 Å². The summed E-state index contributed by atoms with van der Waals surface area (Å²) in [6.45, 7) is 0. The first kappa shape index (κ1) is 12.4. The number of aliphatic imine (C=N–C) groups is 1. The van der Waals surface area contributed by atoms with Crippen molar-refractivity contribution in [1.82, 2.24) is 0 Å². The molecule has 1 unspecified atom stereocenters. The zero-order chi connectivity index (χ0) is 12.8. The van der Waals surface area contributed by atoms with Crippen LogP contribution in [0.4, 0.5) is 0 Å². The molecule has 4 rings (SSSR count). The number of thioether (sulfide) groups is 1. The van der Waals surface area contributed by atoms with Crippen molar-refractivity contribution in [2.75, 3.05) is 0 Å². The summed E-state index contributed by atoms with van der Waals surface area (Å²) in [7, 11) is 0. The lowest BCUT2D eigenvalue weighted by molar-refractivity contribution is -0.117. The van der Waals surface area contributed by atoms with Crippen molar-refractivity contribution in [3.63, 3.8) is 0 Å². The number of rotatable bonds is 3. The second-order valence-electron chi connectivity index (χ2n) is 7.07. The zero-order valence-corrected chi connectivity index (χ0v) is 12.3. The van der Waals surface area contributed by atoms with Crippen molar-refractivity contribution in [3.8, 4) is 0 Å². The molecule has 1 aliphatic heterocycles. The van der Waals surface area contributed by atoms with Gasteiger partial charge in [-0.25, -0.2) is 4.99 Å². The molecule has 3 fully saturated rings. The highest BCUT2D eigenvalue weighted by molar-refractivity contribution is 8.15.